The lowest BCUT2D eigenvalue weighted by molar-refractivity contribution is 0.577. The van der Waals surface area contributed by atoms with Crippen molar-refractivity contribution in [1.29, 1.82) is 0 Å². The first kappa shape index (κ1) is 13.5. The molecule has 4 heteroatoms. The molecule has 2 aromatic carbocycles. The highest BCUT2D eigenvalue weighted by Gasteiger charge is 2.05. The summed E-state index contributed by atoms with van der Waals surface area (Å²) in [6.07, 6.45) is 1.58. The van der Waals surface area contributed by atoms with E-state index in [4.69, 9.17) is 11.6 Å². The van der Waals surface area contributed by atoms with Gasteiger partial charge >= 0.3 is 0 Å². The standard InChI is InChI=1S/C17H8ClF2N/c18-12-5-7-13-11(8-9-21-17(13)10-12)4-6-14-15(19)2-1-3-16(14)20/h1-3,5,7-10H. The normalized spacial score (nSPS) is 10.2. The van der Waals surface area contributed by atoms with Crippen LogP contribution >= 0.6 is 11.6 Å². The van der Waals surface area contributed by atoms with Crippen LogP contribution in [0.5, 0.6) is 0 Å². The maximum absolute atomic E-state index is 13.5. The van der Waals surface area contributed by atoms with Crippen LogP contribution in [0.1, 0.15) is 11.1 Å². The number of fused-ring (bicyclic) bond motifs is 1. The summed E-state index contributed by atoms with van der Waals surface area (Å²) in [6, 6.07) is 10.6. The van der Waals surface area contributed by atoms with Crippen LogP contribution in [0, 0.1) is 23.5 Å². The number of nitrogens with zero attached hydrogens (tertiary/aromatic N) is 1. The Bertz CT molecular complexity index is 874. The minimum atomic E-state index is -0.677. The Morgan fingerprint density at radius 1 is 0.952 bits per heavy atom. The molecule has 0 saturated carbocycles. The lowest BCUT2D eigenvalue weighted by atomic mass is 10.1. The molecule has 0 aliphatic heterocycles. The Morgan fingerprint density at radius 2 is 1.71 bits per heavy atom. The number of benzene rings is 2. The molecule has 1 heterocycles. The molecule has 0 bridgehead atoms. The zero-order valence-corrected chi connectivity index (χ0v) is 11.5. The van der Waals surface area contributed by atoms with E-state index < -0.39 is 11.6 Å². The fourth-order valence-electron chi connectivity index (χ4n) is 1.98. The summed E-state index contributed by atoms with van der Waals surface area (Å²) in [5.41, 5.74) is 1.08. The second-order valence-corrected chi connectivity index (χ2v) is 4.80. The van der Waals surface area contributed by atoms with Crippen molar-refractivity contribution in [3.63, 3.8) is 0 Å². The van der Waals surface area contributed by atoms with Crippen LogP contribution in [-0.2, 0) is 0 Å². The van der Waals surface area contributed by atoms with Crippen molar-refractivity contribution >= 4 is 22.5 Å². The summed E-state index contributed by atoms with van der Waals surface area (Å²) in [4.78, 5) is 4.19. The van der Waals surface area contributed by atoms with Gasteiger partial charge in [-0.3, -0.25) is 4.98 Å². The molecule has 0 atom stereocenters. The number of pyridine rings is 1. The van der Waals surface area contributed by atoms with Crippen LogP contribution in [0.3, 0.4) is 0 Å². The summed E-state index contributed by atoms with van der Waals surface area (Å²) in [5.74, 6) is 3.98. The van der Waals surface area contributed by atoms with E-state index in [0.717, 1.165) is 5.39 Å². The Balaban J connectivity index is 2.14. The Kier molecular flexibility index (Phi) is 3.55. The SMILES string of the molecule is Fc1cccc(F)c1C#Cc1ccnc2cc(Cl)ccc12. The lowest BCUT2D eigenvalue weighted by Crippen LogP contribution is -1.89. The number of rotatable bonds is 0. The average molecular weight is 300 g/mol. The van der Waals surface area contributed by atoms with Gasteiger partial charge < -0.3 is 0 Å². The highest BCUT2D eigenvalue weighted by atomic mass is 35.5. The average Bonchev–Trinajstić information content (AvgIpc) is 2.46. The number of aromatic nitrogens is 1. The fourth-order valence-corrected chi connectivity index (χ4v) is 2.14. The van der Waals surface area contributed by atoms with Crippen LogP contribution in [0.4, 0.5) is 8.78 Å². The first-order chi connectivity index (χ1) is 10.1. The molecule has 0 fully saturated rings. The van der Waals surface area contributed by atoms with Gasteiger partial charge in [-0.15, -0.1) is 0 Å². The van der Waals surface area contributed by atoms with Crippen molar-refractivity contribution in [2.45, 2.75) is 0 Å². The summed E-state index contributed by atoms with van der Waals surface area (Å²) in [7, 11) is 0. The Hall–Kier alpha value is -2.44. The van der Waals surface area contributed by atoms with Gasteiger partial charge in [0.1, 0.15) is 11.6 Å². The molecule has 0 aliphatic carbocycles. The van der Waals surface area contributed by atoms with Gasteiger partial charge in [-0.2, -0.15) is 0 Å². The van der Waals surface area contributed by atoms with Gasteiger partial charge in [0.25, 0.3) is 0 Å². The summed E-state index contributed by atoms with van der Waals surface area (Å²) >= 11 is 5.91. The quantitative estimate of drug-likeness (QED) is 0.554. The third-order valence-electron chi connectivity index (χ3n) is 2.99. The molecule has 0 saturated heterocycles. The predicted molar refractivity (Wildman–Crippen MR) is 79.1 cm³/mol. The third-order valence-corrected chi connectivity index (χ3v) is 3.22. The van der Waals surface area contributed by atoms with Gasteiger partial charge in [-0.25, -0.2) is 8.78 Å². The van der Waals surface area contributed by atoms with Crippen molar-refractivity contribution in [2.75, 3.05) is 0 Å². The van der Waals surface area contributed by atoms with E-state index >= 15 is 0 Å². The predicted octanol–water partition coefficient (Wildman–Crippen LogP) is 4.57. The van der Waals surface area contributed by atoms with E-state index in [-0.39, 0.29) is 5.56 Å². The van der Waals surface area contributed by atoms with E-state index in [2.05, 4.69) is 16.8 Å². The van der Waals surface area contributed by atoms with Gasteiger partial charge in [0.15, 0.2) is 0 Å². The minimum Gasteiger partial charge on any atom is -0.256 e. The van der Waals surface area contributed by atoms with Crippen molar-refractivity contribution in [3.8, 4) is 11.8 Å². The van der Waals surface area contributed by atoms with Gasteiger partial charge in [-0.1, -0.05) is 35.6 Å². The number of hydrogen-bond donors (Lipinski definition) is 0. The second-order valence-electron chi connectivity index (χ2n) is 4.37. The molecule has 0 spiro atoms. The molecule has 21 heavy (non-hydrogen) atoms. The summed E-state index contributed by atoms with van der Waals surface area (Å²) < 4.78 is 27.1. The topological polar surface area (TPSA) is 12.9 Å². The first-order valence-corrected chi connectivity index (χ1v) is 6.53. The highest BCUT2D eigenvalue weighted by molar-refractivity contribution is 6.31. The molecular formula is C17H8ClF2N. The van der Waals surface area contributed by atoms with Crippen LogP contribution in [0.2, 0.25) is 5.02 Å². The minimum absolute atomic E-state index is 0.239. The van der Waals surface area contributed by atoms with E-state index in [9.17, 15) is 8.78 Å². The molecule has 0 aliphatic rings. The molecular weight excluding hydrogens is 292 g/mol. The van der Waals surface area contributed by atoms with Gasteiger partial charge in [0.2, 0.25) is 0 Å². The van der Waals surface area contributed by atoms with Gasteiger partial charge in [-0.05, 0) is 30.3 Å². The molecule has 0 N–H and O–H groups in total. The van der Waals surface area contributed by atoms with Crippen molar-refractivity contribution in [1.82, 2.24) is 4.98 Å². The monoisotopic (exact) mass is 299 g/mol. The summed E-state index contributed by atoms with van der Waals surface area (Å²) in [6.45, 7) is 0. The zero-order valence-electron chi connectivity index (χ0n) is 10.7. The molecule has 102 valence electrons. The second kappa shape index (κ2) is 5.51. The first-order valence-electron chi connectivity index (χ1n) is 6.15. The third kappa shape index (κ3) is 2.72. The van der Waals surface area contributed by atoms with Crippen LogP contribution in [0.15, 0.2) is 48.7 Å². The van der Waals surface area contributed by atoms with Crippen molar-refractivity contribution in [2.24, 2.45) is 0 Å². The Morgan fingerprint density at radius 3 is 2.48 bits per heavy atom. The number of halogens is 3. The van der Waals surface area contributed by atoms with Crippen LogP contribution in [0.25, 0.3) is 10.9 Å². The highest BCUT2D eigenvalue weighted by Crippen LogP contribution is 2.20. The maximum Gasteiger partial charge on any atom is 0.141 e. The largest absolute Gasteiger partial charge is 0.256 e. The Labute approximate surface area is 125 Å². The van der Waals surface area contributed by atoms with Crippen molar-refractivity contribution in [3.05, 3.63) is 76.4 Å². The van der Waals surface area contributed by atoms with E-state index in [1.165, 1.54) is 18.2 Å². The molecule has 0 amide bonds. The molecule has 1 aromatic heterocycles. The number of hydrogen-bond acceptors (Lipinski definition) is 1. The fraction of sp³-hybridized carbons (Fsp3) is 0. The smallest absolute Gasteiger partial charge is 0.141 e. The van der Waals surface area contributed by atoms with E-state index in [0.29, 0.717) is 16.1 Å². The zero-order chi connectivity index (χ0) is 14.8. The van der Waals surface area contributed by atoms with Gasteiger partial charge in [0.05, 0.1) is 11.1 Å². The molecule has 3 aromatic rings. The van der Waals surface area contributed by atoms with Gasteiger partial charge in [0, 0.05) is 22.2 Å². The maximum atomic E-state index is 13.5. The van der Waals surface area contributed by atoms with E-state index in [1.807, 2.05) is 0 Å². The molecule has 3 rings (SSSR count). The van der Waals surface area contributed by atoms with Crippen molar-refractivity contribution < 1.29 is 8.78 Å². The lowest BCUT2D eigenvalue weighted by Gasteiger charge is -2.00. The summed E-state index contributed by atoms with van der Waals surface area (Å²) in [5, 5.41) is 1.35. The van der Waals surface area contributed by atoms with Crippen LogP contribution in [-0.4, -0.2) is 4.98 Å². The molecule has 0 unspecified atom stereocenters. The molecule has 0 radical (unpaired) electrons. The van der Waals surface area contributed by atoms with E-state index in [1.54, 1.807) is 30.5 Å². The van der Waals surface area contributed by atoms with Crippen LogP contribution < -0.4 is 0 Å². The molecule has 1 nitrogen and oxygen atoms in total.